The molecule has 0 aliphatic rings. The van der Waals surface area contributed by atoms with Crippen LogP contribution in [0.3, 0.4) is 0 Å². The van der Waals surface area contributed by atoms with Crippen LogP contribution in [-0.4, -0.2) is 16.9 Å². The quantitative estimate of drug-likeness (QED) is 0.619. The Kier molecular flexibility index (Phi) is 5.14. The van der Waals surface area contributed by atoms with E-state index in [1.807, 2.05) is 36.4 Å². The Morgan fingerprint density at radius 2 is 1.88 bits per heavy atom. The number of pyridine rings is 1. The van der Waals surface area contributed by atoms with E-state index in [0.717, 1.165) is 16.0 Å². The zero-order chi connectivity index (χ0) is 18.5. The molecule has 3 amide bonds. The lowest BCUT2D eigenvalue weighted by molar-refractivity contribution is 0.100. The van der Waals surface area contributed by atoms with Gasteiger partial charge in [0, 0.05) is 22.7 Å². The van der Waals surface area contributed by atoms with E-state index in [-0.39, 0.29) is 5.56 Å². The fraction of sp³-hybridized carbons (Fsp3) is 0.0556. The Balaban J connectivity index is 1.75. The molecule has 0 atom stereocenters. The van der Waals surface area contributed by atoms with Gasteiger partial charge in [-0.05, 0) is 17.7 Å². The minimum Gasteiger partial charge on any atom is -0.473 e. The van der Waals surface area contributed by atoms with Gasteiger partial charge in [-0.3, -0.25) is 10.1 Å². The number of hydrogen-bond donors (Lipinski definition) is 3. The Bertz CT molecular complexity index is 923. The van der Waals surface area contributed by atoms with Crippen LogP contribution in [0.2, 0.25) is 0 Å². The van der Waals surface area contributed by atoms with Crippen LogP contribution in [0.1, 0.15) is 15.9 Å². The van der Waals surface area contributed by atoms with E-state index < -0.39 is 11.9 Å². The molecule has 7 nitrogen and oxygen atoms in total. The highest BCUT2D eigenvalue weighted by Crippen LogP contribution is 2.35. The van der Waals surface area contributed by atoms with Gasteiger partial charge in [-0.15, -0.1) is 11.3 Å². The summed E-state index contributed by atoms with van der Waals surface area (Å²) in [6, 6.07) is 14.2. The molecule has 0 aliphatic carbocycles. The summed E-state index contributed by atoms with van der Waals surface area (Å²) < 4.78 is 5.65. The largest absolute Gasteiger partial charge is 0.473 e. The lowest BCUT2D eigenvalue weighted by atomic mass is 10.2. The van der Waals surface area contributed by atoms with Crippen molar-refractivity contribution in [3.8, 4) is 16.3 Å². The molecule has 0 spiro atoms. The molecule has 0 saturated carbocycles. The molecule has 0 bridgehead atoms. The van der Waals surface area contributed by atoms with Crippen molar-refractivity contribution in [2.24, 2.45) is 11.5 Å². The molecule has 3 aromatic rings. The van der Waals surface area contributed by atoms with E-state index in [2.05, 4.69) is 10.3 Å². The normalized spacial score (nSPS) is 10.3. The fourth-order valence-electron chi connectivity index (χ4n) is 2.26. The number of nitrogens with one attached hydrogen (secondary N) is 1. The van der Waals surface area contributed by atoms with Crippen molar-refractivity contribution < 1.29 is 14.3 Å². The molecule has 1 aromatic carbocycles. The van der Waals surface area contributed by atoms with E-state index in [1.165, 1.54) is 11.3 Å². The SMILES string of the molecule is NC(=O)Nc1sc(-c2ccc(OCc3ccccc3)nc2)cc1C(N)=O. The third kappa shape index (κ3) is 4.17. The molecule has 26 heavy (non-hydrogen) atoms. The van der Waals surface area contributed by atoms with Crippen LogP contribution in [-0.2, 0) is 6.61 Å². The van der Waals surface area contributed by atoms with Crippen molar-refractivity contribution in [2.45, 2.75) is 6.61 Å². The predicted molar refractivity (Wildman–Crippen MR) is 100 cm³/mol. The van der Waals surface area contributed by atoms with Crippen molar-refractivity contribution in [1.29, 1.82) is 0 Å². The molecule has 3 rings (SSSR count). The van der Waals surface area contributed by atoms with Crippen molar-refractivity contribution >= 4 is 28.3 Å². The average Bonchev–Trinajstić information content (AvgIpc) is 3.04. The van der Waals surface area contributed by atoms with Crippen LogP contribution in [0.15, 0.2) is 54.7 Å². The molecule has 5 N–H and O–H groups in total. The number of carbonyl (C=O) groups excluding carboxylic acids is 2. The Morgan fingerprint density at radius 1 is 1.12 bits per heavy atom. The highest BCUT2D eigenvalue weighted by Gasteiger charge is 2.16. The van der Waals surface area contributed by atoms with Crippen molar-refractivity contribution in [3.63, 3.8) is 0 Å². The summed E-state index contributed by atoms with van der Waals surface area (Å²) >= 11 is 1.19. The molecule has 132 valence electrons. The molecular formula is C18H16N4O3S. The summed E-state index contributed by atoms with van der Waals surface area (Å²) in [7, 11) is 0. The zero-order valence-electron chi connectivity index (χ0n) is 13.6. The lowest BCUT2D eigenvalue weighted by Crippen LogP contribution is -2.21. The minimum absolute atomic E-state index is 0.202. The molecular weight excluding hydrogens is 352 g/mol. The van der Waals surface area contributed by atoms with E-state index in [9.17, 15) is 9.59 Å². The summed E-state index contributed by atoms with van der Waals surface area (Å²) in [4.78, 5) is 27.6. The van der Waals surface area contributed by atoms with Gasteiger partial charge >= 0.3 is 6.03 Å². The van der Waals surface area contributed by atoms with E-state index in [1.54, 1.807) is 18.3 Å². The second kappa shape index (κ2) is 7.66. The molecule has 0 radical (unpaired) electrons. The number of thiophene rings is 1. The molecule has 0 aliphatic heterocycles. The number of carbonyl (C=O) groups is 2. The van der Waals surface area contributed by atoms with Crippen LogP contribution < -0.4 is 21.5 Å². The molecule has 0 saturated heterocycles. The van der Waals surface area contributed by atoms with Gasteiger partial charge < -0.3 is 16.2 Å². The van der Waals surface area contributed by atoms with E-state index in [4.69, 9.17) is 16.2 Å². The van der Waals surface area contributed by atoms with Gasteiger partial charge in [-0.1, -0.05) is 30.3 Å². The van der Waals surface area contributed by atoms with Crippen LogP contribution >= 0.6 is 11.3 Å². The van der Waals surface area contributed by atoms with Crippen molar-refractivity contribution in [2.75, 3.05) is 5.32 Å². The first-order chi connectivity index (χ1) is 12.5. The second-order valence-electron chi connectivity index (χ2n) is 5.37. The standard InChI is InChI=1S/C18H16N4O3S/c19-16(23)13-8-14(26-17(13)22-18(20)24)12-6-7-15(21-9-12)25-10-11-4-2-1-3-5-11/h1-9H,10H2,(H2,19,23)(H3,20,22,24). The van der Waals surface area contributed by atoms with Crippen LogP contribution in [0.5, 0.6) is 5.88 Å². The number of amides is 3. The molecule has 2 aromatic heterocycles. The summed E-state index contributed by atoms with van der Waals surface area (Å²) in [6.45, 7) is 0.421. The van der Waals surface area contributed by atoms with Crippen molar-refractivity contribution in [3.05, 3.63) is 65.9 Å². The maximum atomic E-state index is 11.5. The molecule has 8 heteroatoms. The smallest absolute Gasteiger partial charge is 0.317 e. The van der Waals surface area contributed by atoms with Gasteiger partial charge in [0.2, 0.25) is 5.88 Å². The number of primary amides is 2. The fourth-order valence-corrected chi connectivity index (χ4v) is 3.32. The highest BCUT2D eigenvalue weighted by atomic mass is 32.1. The number of nitrogens with two attached hydrogens (primary N) is 2. The van der Waals surface area contributed by atoms with Crippen molar-refractivity contribution in [1.82, 2.24) is 4.98 Å². The minimum atomic E-state index is -0.760. The maximum Gasteiger partial charge on any atom is 0.317 e. The average molecular weight is 368 g/mol. The van der Waals surface area contributed by atoms with Crippen LogP contribution in [0.25, 0.3) is 10.4 Å². The number of nitrogens with zero attached hydrogens (tertiary/aromatic N) is 1. The van der Waals surface area contributed by atoms with Gasteiger partial charge in [0.1, 0.15) is 11.6 Å². The van der Waals surface area contributed by atoms with Crippen LogP contribution in [0, 0.1) is 0 Å². The third-order valence-electron chi connectivity index (χ3n) is 3.48. The van der Waals surface area contributed by atoms with Gasteiger partial charge in [0.25, 0.3) is 5.91 Å². The first-order valence-electron chi connectivity index (χ1n) is 7.66. The van der Waals surface area contributed by atoms with E-state index in [0.29, 0.717) is 17.5 Å². The summed E-state index contributed by atoms with van der Waals surface area (Å²) in [6.07, 6.45) is 1.63. The number of aromatic nitrogens is 1. The number of anilines is 1. The number of urea groups is 1. The number of hydrogen-bond acceptors (Lipinski definition) is 5. The second-order valence-corrected chi connectivity index (χ2v) is 6.42. The Labute approximate surface area is 153 Å². The highest BCUT2D eigenvalue weighted by molar-refractivity contribution is 7.20. The monoisotopic (exact) mass is 368 g/mol. The number of rotatable bonds is 6. The number of ether oxygens (including phenoxy) is 1. The Hall–Kier alpha value is -3.39. The number of benzene rings is 1. The van der Waals surface area contributed by atoms with Gasteiger partial charge in [0.05, 0.1) is 5.56 Å². The van der Waals surface area contributed by atoms with E-state index >= 15 is 0 Å². The summed E-state index contributed by atoms with van der Waals surface area (Å²) in [5.41, 5.74) is 12.5. The topological polar surface area (TPSA) is 120 Å². The van der Waals surface area contributed by atoms with Gasteiger partial charge in [0.15, 0.2) is 0 Å². The Morgan fingerprint density at radius 3 is 2.50 bits per heavy atom. The maximum absolute atomic E-state index is 11.5. The summed E-state index contributed by atoms with van der Waals surface area (Å²) in [5.74, 6) is -0.160. The first-order valence-corrected chi connectivity index (χ1v) is 8.48. The predicted octanol–water partition coefficient (Wildman–Crippen LogP) is 2.98. The summed E-state index contributed by atoms with van der Waals surface area (Å²) in [5, 5.41) is 2.72. The lowest BCUT2D eigenvalue weighted by Gasteiger charge is -2.05. The third-order valence-corrected chi connectivity index (χ3v) is 4.58. The van der Waals surface area contributed by atoms with Gasteiger partial charge in [-0.25, -0.2) is 9.78 Å². The molecule has 0 fully saturated rings. The molecule has 0 unspecified atom stereocenters. The first kappa shape index (κ1) is 17.4. The molecule has 2 heterocycles. The van der Waals surface area contributed by atoms with Crippen LogP contribution in [0.4, 0.5) is 9.80 Å². The van der Waals surface area contributed by atoms with Gasteiger partial charge in [-0.2, -0.15) is 0 Å². The zero-order valence-corrected chi connectivity index (χ0v) is 14.5.